The van der Waals surface area contributed by atoms with Crippen molar-refractivity contribution >= 4 is 11.9 Å². The van der Waals surface area contributed by atoms with Crippen LogP contribution in [0.25, 0.3) is 0 Å². The fourth-order valence-corrected chi connectivity index (χ4v) is 4.17. The van der Waals surface area contributed by atoms with Crippen molar-refractivity contribution in [3.05, 3.63) is 24.3 Å². The first kappa shape index (κ1) is 22.4. The Kier molecular flexibility index (Phi) is 9.32. The zero-order valence-corrected chi connectivity index (χ0v) is 17.8. The number of benzene rings is 1. The van der Waals surface area contributed by atoms with Gasteiger partial charge >= 0.3 is 11.9 Å². The molecule has 0 aromatic heterocycles. The zero-order valence-electron chi connectivity index (χ0n) is 17.8. The molecule has 1 aromatic carbocycles. The maximum atomic E-state index is 12.0. The maximum Gasteiger partial charge on any atom is 0.309 e. The number of hydrogen-bond acceptors (Lipinski definition) is 6. The summed E-state index contributed by atoms with van der Waals surface area (Å²) < 4.78 is 22.0. The van der Waals surface area contributed by atoms with Crippen molar-refractivity contribution in [1.82, 2.24) is 0 Å². The molecule has 0 saturated heterocycles. The molecule has 166 valence electrons. The third kappa shape index (κ3) is 7.54. The summed E-state index contributed by atoms with van der Waals surface area (Å²) in [6.07, 6.45) is 10.6. The number of rotatable bonds is 10. The Morgan fingerprint density at radius 2 is 1.10 bits per heavy atom. The first-order chi connectivity index (χ1) is 14.7. The van der Waals surface area contributed by atoms with E-state index in [1.54, 1.807) is 6.07 Å². The number of esters is 2. The lowest BCUT2D eigenvalue weighted by Crippen LogP contribution is -2.22. The van der Waals surface area contributed by atoms with E-state index in [2.05, 4.69) is 0 Å². The second-order valence-electron chi connectivity index (χ2n) is 8.18. The molecule has 2 saturated carbocycles. The van der Waals surface area contributed by atoms with Crippen molar-refractivity contribution in [2.75, 3.05) is 26.4 Å². The standard InChI is InChI=1S/C24H34O6/c25-23(19-8-3-1-4-9-19)29-16-14-27-21-12-7-13-22(18-21)28-15-17-30-24(26)20-10-5-2-6-11-20/h7,12-13,18-20H,1-6,8-11,14-17H2. The Morgan fingerprint density at radius 1 is 0.667 bits per heavy atom. The highest BCUT2D eigenvalue weighted by atomic mass is 16.6. The third-order valence-electron chi connectivity index (χ3n) is 5.88. The Hall–Kier alpha value is -2.24. The molecule has 2 aliphatic rings. The summed E-state index contributed by atoms with van der Waals surface area (Å²) in [5.41, 5.74) is 0. The van der Waals surface area contributed by atoms with Gasteiger partial charge in [-0.05, 0) is 37.8 Å². The number of carbonyl (C=O) groups excluding carboxylic acids is 2. The van der Waals surface area contributed by atoms with Gasteiger partial charge in [0.1, 0.15) is 37.9 Å². The molecule has 0 N–H and O–H groups in total. The highest BCUT2D eigenvalue weighted by molar-refractivity contribution is 5.72. The molecule has 0 bridgehead atoms. The molecule has 2 fully saturated rings. The molecule has 0 unspecified atom stereocenters. The van der Waals surface area contributed by atoms with Crippen LogP contribution in [0.2, 0.25) is 0 Å². The topological polar surface area (TPSA) is 71.1 Å². The SMILES string of the molecule is O=C(OCCOc1cccc(OCCOC(=O)C2CCCCC2)c1)C1CCCCC1. The van der Waals surface area contributed by atoms with Gasteiger partial charge < -0.3 is 18.9 Å². The molecule has 6 heteroatoms. The fourth-order valence-electron chi connectivity index (χ4n) is 4.17. The van der Waals surface area contributed by atoms with Crippen LogP contribution in [0.15, 0.2) is 24.3 Å². The molecule has 6 nitrogen and oxygen atoms in total. The van der Waals surface area contributed by atoms with E-state index < -0.39 is 0 Å². The summed E-state index contributed by atoms with van der Waals surface area (Å²) in [7, 11) is 0. The maximum absolute atomic E-state index is 12.0. The average molecular weight is 419 g/mol. The molecule has 0 spiro atoms. The monoisotopic (exact) mass is 418 g/mol. The molecule has 0 heterocycles. The van der Waals surface area contributed by atoms with Crippen molar-refractivity contribution in [3.63, 3.8) is 0 Å². The first-order valence-electron chi connectivity index (χ1n) is 11.4. The van der Waals surface area contributed by atoms with Crippen molar-refractivity contribution in [1.29, 1.82) is 0 Å². The van der Waals surface area contributed by atoms with Gasteiger partial charge in [-0.2, -0.15) is 0 Å². The molecule has 0 amide bonds. The highest BCUT2D eigenvalue weighted by Gasteiger charge is 2.23. The van der Waals surface area contributed by atoms with E-state index in [1.165, 1.54) is 12.8 Å². The molecule has 30 heavy (non-hydrogen) atoms. The van der Waals surface area contributed by atoms with E-state index in [0.717, 1.165) is 51.4 Å². The van der Waals surface area contributed by atoms with E-state index in [1.807, 2.05) is 18.2 Å². The van der Waals surface area contributed by atoms with Crippen molar-refractivity contribution < 1.29 is 28.5 Å². The summed E-state index contributed by atoms with van der Waals surface area (Å²) in [5, 5.41) is 0. The molecule has 1 aromatic rings. The van der Waals surface area contributed by atoms with Gasteiger partial charge in [-0.15, -0.1) is 0 Å². The first-order valence-corrected chi connectivity index (χ1v) is 11.4. The third-order valence-corrected chi connectivity index (χ3v) is 5.88. The molecule has 2 aliphatic carbocycles. The quantitative estimate of drug-likeness (QED) is 0.405. The van der Waals surface area contributed by atoms with Gasteiger partial charge in [-0.1, -0.05) is 44.6 Å². The van der Waals surface area contributed by atoms with Gasteiger partial charge in [0.2, 0.25) is 0 Å². The lowest BCUT2D eigenvalue weighted by atomic mass is 9.89. The normalized spacial score (nSPS) is 17.9. The molecular formula is C24H34O6. The van der Waals surface area contributed by atoms with Crippen LogP contribution >= 0.6 is 0 Å². The van der Waals surface area contributed by atoms with E-state index in [0.29, 0.717) is 24.7 Å². The fraction of sp³-hybridized carbons (Fsp3) is 0.667. The summed E-state index contributed by atoms with van der Waals surface area (Å²) in [6, 6.07) is 7.29. The largest absolute Gasteiger partial charge is 0.490 e. The molecule has 0 aliphatic heterocycles. The smallest absolute Gasteiger partial charge is 0.309 e. The van der Waals surface area contributed by atoms with Crippen LogP contribution in [0.3, 0.4) is 0 Å². The summed E-state index contributed by atoms with van der Waals surface area (Å²) >= 11 is 0. The highest BCUT2D eigenvalue weighted by Crippen LogP contribution is 2.25. The van der Waals surface area contributed by atoms with E-state index >= 15 is 0 Å². The van der Waals surface area contributed by atoms with Gasteiger partial charge in [0.15, 0.2) is 0 Å². The Morgan fingerprint density at radius 3 is 1.53 bits per heavy atom. The van der Waals surface area contributed by atoms with Crippen LogP contribution in [0.1, 0.15) is 64.2 Å². The molecule has 0 atom stereocenters. The van der Waals surface area contributed by atoms with E-state index in [9.17, 15) is 9.59 Å². The van der Waals surface area contributed by atoms with Crippen LogP contribution in [0.4, 0.5) is 0 Å². The van der Waals surface area contributed by atoms with E-state index in [-0.39, 0.29) is 37.0 Å². The molecular weight excluding hydrogens is 384 g/mol. The summed E-state index contributed by atoms with van der Waals surface area (Å²) in [5.74, 6) is 1.22. The van der Waals surface area contributed by atoms with Crippen LogP contribution in [0, 0.1) is 11.8 Å². The van der Waals surface area contributed by atoms with E-state index in [4.69, 9.17) is 18.9 Å². The molecule has 3 rings (SSSR count). The van der Waals surface area contributed by atoms with Crippen LogP contribution in [-0.2, 0) is 19.1 Å². The summed E-state index contributed by atoms with van der Waals surface area (Å²) in [4.78, 5) is 24.1. The minimum Gasteiger partial charge on any atom is -0.490 e. The predicted octanol–water partition coefficient (Wildman–Crippen LogP) is 4.69. The van der Waals surface area contributed by atoms with Crippen LogP contribution in [0.5, 0.6) is 11.5 Å². The van der Waals surface area contributed by atoms with Gasteiger partial charge in [0.05, 0.1) is 11.8 Å². The van der Waals surface area contributed by atoms with Crippen molar-refractivity contribution in [3.8, 4) is 11.5 Å². The summed E-state index contributed by atoms with van der Waals surface area (Å²) in [6.45, 7) is 1.11. The Bertz CT molecular complexity index is 608. The van der Waals surface area contributed by atoms with Crippen molar-refractivity contribution in [2.45, 2.75) is 64.2 Å². The van der Waals surface area contributed by atoms with Gasteiger partial charge in [-0.25, -0.2) is 0 Å². The van der Waals surface area contributed by atoms with Crippen LogP contribution in [-0.4, -0.2) is 38.4 Å². The van der Waals surface area contributed by atoms with Crippen LogP contribution < -0.4 is 9.47 Å². The average Bonchev–Trinajstić information content (AvgIpc) is 2.81. The lowest BCUT2D eigenvalue weighted by molar-refractivity contribution is -0.151. The number of ether oxygens (including phenoxy) is 4. The minimum atomic E-state index is -0.0989. The second-order valence-corrected chi connectivity index (χ2v) is 8.18. The van der Waals surface area contributed by atoms with Gasteiger partial charge in [0, 0.05) is 6.07 Å². The zero-order chi connectivity index (χ0) is 21.0. The molecule has 0 radical (unpaired) electrons. The lowest BCUT2D eigenvalue weighted by Gasteiger charge is -2.20. The van der Waals surface area contributed by atoms with Gasteiger partial charge in [-0.3, -0.25) is 9.59 Å². The number of carbonyl (C=O) groups is 2. The Balaban J connectivity index is 1.29. The number of hydrogen-bond donors (Lipinski definition) is 0. The van der Waals surface area contributed by atoms with Crippen molar-refractivity contribution in [2.24, 2.45) is 11.8 Å². The second kappa shape index (κ2) is 12.5. The van der Waals surface area contributed by atoms with Gasteiger partial charge in [0.25, 0.3) is 0 Å². The minimum absolute atomic E-state index is 0.0580. The Labute approximate surface area is 179 Å². The predicted molar refractivity (Wildman–Crippen MR) is 113 cm³/mol.